The second kappa shape index (κ2) is 13.8. The van der Waals surface area contributed by atoms with Gasteiger partial charge in [0.15, 0.2) is 0 Å². The van der Waals surface area contributed by atoms with Crippen LogP contribution in [0.4, 0.5) is 0 Å². The van der Waals surface area contributed by atoms with Gasteiger partial charge in [0.2, 0.25) is 0 Å². The van der Waals surface area contributed by atoms with Crippen LogP contribution in [-0.4, -0.2) is 80.2 Å². The summed E-state index contributed by atoms with van der Waals surface area (Å²) < 4.78 is 0. The summed E-state index contributed by atoms with van der Waals surface area (Å²) in [6.07, 6.45) is -8.94. The fourth-order valence-corrected chi connectivity index (χ4v) is 0.942. The van der Waals surface area contributed by atoms with E-state index >= 15 is 0 Å². The van der Waals surface area contributed by atoms with Crippen LogP contribution >= 0.6 is 0 Å². The van der Waals surface area contributed by atoms with Crippen LogP contribution in [0.2, 0.25) is 0 Å². The van der Waals surface area contributed by atoms with Gasteiger partial charge in [0.25, 0.3) is 0 Å². The van der Waals surface area contributed by atoms with E-state index in [1.54, 1.807) is 0 Å². The number of rotatable bonds is 9. The van der Waals surface area contributed by atoms with Crippen molar-refractivity contribution in [3.05, 3.63) is 0 Å². The number of carbonyl (C=O) groups is 6. The molecule has 16 nitrogen and oxygen atoms in total. The predicted molar refractivity (Wildman–Crippen MR) is 67.9 cm³/mol. The molecule has 0 radical (unpaired) electrons. The quantitative estimate of drug-likeness (QED) is 0.266. The van der Waals surface area contributed by atoms with E-state index in [4.69, 9.17) is 20.4 Å². The summed E-state index contributed by atoms with van der Waals surface area (Å²) in [5.74, 6) is -11.5. The number of aliphatic hydroxyl groups is 4. The molecular formula is C13H14O16-6. The number of hydrogen-bond acceptors (Lipinski definition) is 16. The lowest BCUT2D eigenvalue weighted by Crippen LogP contribution is -2.54. The maximum absolute atomic E-state index is 10.1. The van der Waals surface area contributed by atoms with Crippen LogP contribution in [0.25, 0.3) is 0 Å². The Morgan fingerprint density at radius 3 is 1.03 bits per heavy atom. The van der Waals surface area contributed by atoms with Crippen LogP contribution < -0.4 is 30.6 Å². The molecule has 0 aliphatic heterocycles. The Morgan fingerprint density at radius 2 is 0.931 bits per heavy atom. The van der Waals surface area contributed by atoms with Gasteiger partial charge in [-0.2, -0.15) is 0 Å². The molecule has 168 valence electrons. The molecule has 4 N–H and O–H groups in total. The zero-order chi connectivity index (χ0) is 24.1. The Kier molecular flexibility index (Phi) is 14.4. The number of carboxylic acids is 6. The summed E-state index contributed by atoms with van der Waals surface area (Å²) >= 11 is 0. The Hall–Kier alpha value is -3.34. The van der Waals surface area contributed by atoms with E-state index in [0.29, 0.717) is 0 Å². The number of carbonyl (C=O) groups excluding carboxylic acids is 6. The van der Waals surface area contributed by atoms with Crippen molar-refractivity contribution in [2.45, 2.75) is 43.7 Å². The lowest BCUT2D eigenvalue weighted by Gasteiger charge is -2.29. The summed E-state index contributed by atoms with van der Waals surface area (Å²) in [4.78, 5) is 58.6. The topological polar surface area (TPSA) is 322 Å². The summed E-state index contributed by atoms with van der Waals surface area (Å²) in [6, 6.07) is 0. The Labute approximate surface area is 160 Å². The third kappa shape index (κ3) is 15.4. The van der Waals surface area contributed by atoms with E-state index in [1.807, 2.05) is 0 Å². The highest BCUT2D eigenvalue weighted by atomic mass is 16.4. The highest BCUT2D eigenvalue weighted by molar-refractivity contribution is 5.86. The fourth-order valence-electron chi connectivity index (χ4n) is 0.942. The second-order valence-electron chi connectivity index (χ2n) is 4.94. The van der Waals surface area contributed by atoms with Crippen LogP contribution in [0.1, 0.15) is 19.8 Å². The van der Waals surface area contributed by atoms with Crippen molar-refractivity contribution < 1.29 is 79.8 Å². The first kappa shape index (κ1) is 30.4. The van der Waals surface area contributed by atoms with Crippen molar-refractivity contribution in [3.8, 4) is 0 Å². The molecule has 0 spiro atoms. The first-order valence-corrected chi connectivity index (χ1v) is 6.89. The zero-order valence-corrected chi connectivity index (χ0v) is 14.3. The van der Waals surface area contributed by atoms with E-state index in [9.17, 15) is 59.4 Å². The number of aliphatic hydroxyl groups excluding tert-OH is 3. The number of carboxylic acid groups (broad SMARTS) is 6. The molecule has 16 heteroatoms. The second-order valence-corrected chi connectivity index (χ2v) is 4.94. The van der Waals surface area contributed by atoms with Crippen LogP contribution in [0.3, 0.4) is 0 Å². The van der Waals surface area contributed by atoms with Crippen molar-refractivity contribution in [2.75, 3.05) is 0 Å². The number of hydrogen-bond donors (Lipinski definition) is 4. The zero-order valence-electron chi connectivity index (χ0n) is 14.3. The highest BCUT2D eigenvalue weighted by Crippen LogP contribution is 2.13. The van der Waals surface area contributed by atoms with Gasteiger partial charge in [-0.25, -0.2) is 0 Å². The van der Waals surface area contributed by atoms with E-state index in [1.165, 1.54) is 0 Å². The third-order valence-electron chi connectivity index (χ3n) is 2.38. The predicted octanol–water partition coefficient (Wildman–Crippen LogP) is -11.9. The molecule has 0 aromatic carbocycles. The smallest absolute Gasteiger partial charge is 0.124 e. The first-order valence-electron chi connectivity index (χ1n) is 6.89. The fraction of sp³-hybridized carbons (Fsp3) is 0.538. The van der Waals surface area contributed by atoms with Crippen molar-refractivity contribution >= 4 is 35.8 Å². The van der Waals surface area contributed by atoms with Crippen LogP contribution in [0.5, 0.6) is 0 Å². The minimum atomic E-state index is -2.97. The monoisotopic (exact) mass is 426 g/mol. The number of aliphatic carboxylic acids is 6. The molecule has 0 aromatic heterocycles. The molecule has 0 bridgehead atoms. The first-order chi connectivity index (χ1) is 12.9. The highest BCUT2D eigenvalue weighted by Gasteiger charge is 2.29. The Balaban J connectivity index is -0.000000375. The molecule has 0 aromatic rings. The molecule has 29 heavy (non-hydrogen) atoms. The third-order valence-corrected chi connectivity index (χ3v) is 2.38. The molecule has 0 aliphatic carbocycles. The molecule has 0 heterocycles. The molecule has 3 atom stereocenters. The summed E-state index contributed by atoms with van der Waals surface area (Å²) in [5, 5.41) is 92.0. The van der Waals surface area contributed by atoms with Crippen molar-refractivity contribution in [1.29, 1.82) is 0 Å². The van der Waals surface area contributed by atoms with Gasteiger partial charge < -0.3 is 79.8 Å². The summed E-state index contributed by atoms with van der Waals surface area (Å²) in [5.41, 5.74) is -2.97. The van der Waals surface area contributed by atoms with Gasteiger partial charge in [-0.15, -0.1) is 0 Å². The average molecular weight is 426 g/mol. The molecule has 0 saturated carbocycles. The lowest BCUT2D eigenvalue weighted by molar-refractivity contribution is -0.339. The lowest BCUT2D eigenvalue weighted by atomic mass is 9.96. The molecule has 3 unspecified atom stereocenters. The minimum absolute atomic E-state index is 1.13. The van der Waals surface area contributed by atoms with E-state index in [0.717, 1.165) is 6.92 Å². The van der Waals surface area contributed by atoms with Gasteiger partial charge in [-0.05, 0) is 6.92 Å². The Morgan fingerprint density at radius 1 is 0.690 bits per heavy atom. The van der Waals surface area contributed by atoms with E-state index in [2.05, 4.69) is 0 Å². The van der Waals surface area contributed by atoms with Gasteiger partial charge in [-0.1, -0.05) is 0 Å². The minimum Gasteiger partial charge on any atom is -0.550 e. The maximum atomic E-state index is 10.1. The summed E-state index contributed by atoms with van der Waals surface area (Å²) in [7, 11) is 0. The largest absolute Gasteiger partial charge is 0.550 e. The van der Waals surface area contributed by atoms with Gasteiger partial charge in [0.1, 0.15) is 17.8 Å². The van der Waals surface area contributed by atoms with Crippen LogP contribution in [0, 0.1) is 0 Å². The molecule has 0 saturated heterocycles. The van der Waals surface area contributed by atoms with Crippen molar-refractivity contribution in [1.82, 2.24) is 0 Å². The SMILES string of the molecule is CC(O)C(=O)[O-].O=C([O-])C(O)C(O)C(=O)[O-].O=C([O-])CC(O)(CC(=O)[O-])C(=O)[O-]. The summed E-state index contributed by atoms with van der Waals surface area (Å²) in [6.45, 7) is 1.13. The normalized spacial score (nSPS) is 13.1. The average Bonchev–Trinajstić information content (AvgIpc) is 2.52. The standard InChI is InChI=1S/C6H8O7.C4H6O6.C3H6O3/c7-3(8)1-6(13,5(11)12)2-4(9)10;5-1(3(7)8)2(6)4(9)10;1-2(4)3(5)6/h13H,1-2H2,(H,7,8)(H,9,10)(H,11,12);1-2,5-6H,(H,7,8)(H,9,10);2,4H,1H3,(H,5,6)/p-6. The molecular weight excluding hydrogens is 412 g/mol. The van der Waals surface area contributed by atoms with Crippen LogP contribution in [0.15, 0.2) is 0 Å². The van der Waals surface area contributed by atoms with Gasteiger partial charge in [0.05, 0.1) is 30.0 Å². The Bertz CT molecular complexity index is 574. The molecule has 0 aliphatic rings. The molecule has 0 rings (SSSR count). The van der Waals surface area contributed by atoms with Gasteiger partial charge >= 0.3 is 0 Å². The molecule has 0 fully saturated rings. The van der Waals surface area contributed by atoms with Crippen molar-refractivity contribution in [3.63, 3.8) is 0 Å². The van der Waals surface area contributed by atoms with Gasteiger partial charge in [-0.3, -0.25) is 0 Å². The maximum Gasteiger partial charge on any atom is 0.124 e. The molecule has 0 amide bonds. The van der Waals surface area contributed by atoms with Crippen molar-refractivity contribution in [2.24, 2.45) is 0 Å². The van der Waals surface area contributed by atoms with E-state index in [-0.39, 0.29) is 0 Å². The van der Waals surface area contributed by atoms with E-state index < -0.39 is 72.6 Å². The van der Waals surface area contributed by atoms with Gasteiger partial charge in [0, 0.05) is 24.8 Å². The van der Waals surface area contributed by atoms with Crippen LogP contribution in [-0.2, 0) is 28.8 Å².